The molecule has 2 heterocycles. The molecule has 28 heavy (non-hydrogen) atoms. The maximum absolute atomic E-state index is 12.3. The number of likely N-dealkylation sites (tertiary alicyclic amines) is 1. The second kappa shape index (κ2) is 8.86. The Morgan fingerprint density at radius 3 is 2.75 bits per heavy atom. The Balaban J connectivity index is 1.46. The number of nitrogens with zero attached hydrogens (tertiary/aromatic N) is 3. The van der Waals surface area contributed by atoms with Gasteiger partial charge in [0.25, 0.3) is 0 Å². The van der Waals surface area contributed by atoms with Crippen molar-refractivity contribution in [1.82, 2.24) is 20.4 Å². The third kappa shape index (κ3) is 5.41. The van der Waals surface area contributed by atoms with Crippen LogP contribution in [0.25, 0.3) is 11.5 Å². The lowest BCUT2D eigenvalue weighted by Gasteiger charge is -2.43. The molecule has 2 aromatic rings. The smallest absolute Gasteiger partial charge is 0.247 e. The standard InChI is InChI=1S/C22H32N4O2/c1-16-7-9-18(10-8-16)21-25-24-20(28-21)12-11-19(27)23-15-22(3,4)26-13-5-6-17(2)14-26/h7-10,17H,5-6,11-15H2,1-4H3,(H,23,27). The first kappa shape index (κ1) is 20.5. The van der Waals surface area contributed by atoms with Crippen LogP contribution in [0, 0.1) is 12.8 Å². The van der Waals surface area contributed by atoms with Crippen molar-refractivity contribution in [3.05, 3.63) is 35.7 Å². The van der Waals surface area contributed by atoms with Gasteiger partial charge in [-0.1, -0.05) is 24.6 Å². The van der Waals surface area contributed by atoms with Gasteiger partial charge >= 0.3 is 0 Å². The molecule has 1 aliphatic rings. The number of aromatic nitrogens is 2. The highest BCUT2D eigenvalue weighted by Crippen LogP contribution is 2.23. The van der Waals surface area contributed by atoms with Crippen LogP contribution in [-0.4, -0.2) is 46.2 Å². The summed E-state index contributed by atoms with van der Waals surface area (Å²) >= 11 is 0. The van der Waals surface area contributed by atoms with E-state index >= 15 is 0 Å². The molecule has 6 nitrogen and oxygen atoms in total. The summed E-state index contributed by atoms with van der Waals surface area (Å²) in [4.78, 5) is 14.8. The molecule has 0 radical (unpaired) electrons. The van der Waals surface area contributed by atoms with Crippen LogP contribution in [-0.2, 0) is 11.2 Å². The van der Waals surface area contributed by atoms with Gasteiger partial charge in [0, 0.05) is 37.0 Å². The number of benzene rings is 1. The lowest BCUT2D eigenvalue weighted by molar-refractivity contribution is -0.121. The van der Waals surface area contributed by atoms with Crippen molar-refractivity contribution >= 4 is 5.91 Å². The monoisotopic (exact) mass is 384 g/mol. The van der Waals surface area contributed by atoms with Gasteiger partial charge in [-0.3, -0.25) is 9.69 Å². The second-order valence-electron chi connectivity index (χ2n) is 8.65. The lowest BCUT2D eigenvalue weighted by atomic mass is 9.93. The number of piperidine rings is 1. The molecule has 1 unspecified atom stereocenters. The van der Waals surface area contributed by atoms with E-state index in [-0.39, 0.29) is 11.4 Å². The molecule has 3 rings (SSSR count). The zero-order valence-corrected chi connectivity index (χ0v) is 17.5. The highest BCUT2D eigenvalue weighted by molar-refractivity contribution is 5.76. The molecule has 6 heteroatoms. The average Bonchev–Trinajstić information content (AvgIpc) is 3.14. The normalized spacial score (nSPS) is 18.2. The third-order valence-electron chi connectivity index (χ3n) is 5.56. The summed E-state index contributed by atoms with van der Waals surface area (Å²) in [6, 6.07) is 7.95. The van der Waals surface area contributed by atoms with Crippen molar-refractivity contribution in [2.75, 3.05) is 19.6 Å². The Kier molecular flexibility index (Phi) is 6.50. The van der Waals surface area contributed by atoms with Crippen molar-refractivity contribution in [2.24, 2.45) is 5.92 Å². The number of carbonyl (C=O) groups excluding carboxylic acids is 1. The summed E-state index contributed by atoms with van der Waals surface area (Å²) in [5.74, 6) is 1.74. The summed E-state index contributed by atoms with van der Waals surface area (Å²) in [5, 5.41) is 11.2. The molecule has 0 saturated carbocycles. The molecule has 0 bridgehead atoms. The van der Waals surface area contributed by atoms with Crippen molar-refractivity contribution in [3.63, 3.8) is 0 Å². The van der Waals surface area contributed by atoms with E-state index in [1.54, 1.807) is 0 Å². The number of rotatable bonds is 7. The minimum absolute atomic E-state index is 0.0215. The van der Waals surface area contributed by atoms with E-state index in [2.05, 4.69) is 41.2 Å². The molecule has 1 aromatic heterocycles. The van der Waals surface area contributed by atoms with Gasteiger partial charge in [0.1, 0.15) is 0 Å². The van der Waals surface area contributed by atoms with E-state index in [0.29, 0.717) is 31.2 Å². The number of hydrogen-bond acceptors (Lipinski definition) is 5. The quantitative estimate of drug-likeness (QED) is 0.790. The van der Waals surface area contributed by atoms with Crippen molar-refractivity contribution in [1.29, 1.82) is 0 Å². The molecule has 1 amide bonds. The van der Waals surface area contributed by atoms with E-state index in [1.807, 2.05) is 31.2 Å². The first-order valence-electron chi connectivity index (χ1n) is 10.2. The average molecular weight is 385 g/mol. The first-order chi connectivity index (χ1) is 13.3. The zero-order valence-electron chi connectivity index (χ0n) is 17.5. The van der Waals surface area contributed by atoms with Crippen LogP contribution >= 0.6 is 0 Å². The fourth-order valence-corrected chi connectivity index (χ4v) is 3.64. The Morgan fingerprint density at radius 2 is 2.04 bits per heavy atom. The van der Waals surface area contributed by atoms with Gasteiger partial charge in [-0.2, -0.15) is 0 Å². The molecule has 152 valence electrons. The van der Waals surface area contributed by atoms with Gasteiger partial charge in [-0.25, -0.2) is 0 Å². The molecule has 1 fully saturated rings. The van der Waals surface area contributed by atoms with Crippen LogP contribution in [0.2, 0.25) is 0 Å². The summed E-state index contributed by atoms with van der Waals surface area (Å²) in [7, 11) is 0. The Bertz CT molecular complexity index is 782. The van der Waals surface area contributed by atoms with Crippen molar-refractivity contribution in [3.8, 4) is 11.5 Å². The predicted molar refractivity (Wildman–Crippen MR) is 110 cm³/mol. The molecule has 1 aliphatic heterocycles. The molecular weight excluding hydrogens is 352 g/mol. The summed E-state index contributed by atoms with van der Waals surface area (Å²) < 4.78 is 5.70. The largest absolute Gasteiger partial charge is 0.421 e. The topological polar surface area (TPSA) is 71.3 Å². The number of aryl methyl sites for hydroxylation is 2. The molecule has 1 aromatic carbocycles. The fourth-order valence-electron chi connectivity index (χ4n) is 3.64. The summed E-state index contributed by atoms with van der Waals surface area (Å²) in [5.41, 5.74) is 2.04. The van der Waals surface area contributed by atoms with Crippen LogP contribution in [0.5, 0.6) is 0 Å². The number of nitrogens with one attached hydrogen (secondary N) is 1. The molecule has 0 spiro atoms. The summed E-state index contributed by atoms with van der Waals surface area (Å²) in [6.07, 6.45) is 3.33. The number of hydrogen-bond donors (Lipinski definition) is 1. The van der Waals surface area contributed by atoms with Crippen LogP contribution in [0.15, 0.2) is 28.7 Å². The van der Waals surface area contributed by atoms with Crippen LogP contribution < -0.4 is 5.32 Å². The first-order valence-corrected chi connectivity index (χ1v) is 10.2. The number of carbonyl (C=O) groups is 1. The Labute approximate surface area is 167 Å². The maximum atomic E-state index is 12.3. The maximum Gasteiger partial charge on any atom is 0.247 e. The van der Waals surface area contributed by atoms with Gasteiger partial charge in [-0.15, -0.1) is 10.2 Å². The van der Waals surface area contributed by atoms with E-state index in [0.717, 1.165) is 24.6 Å². The van der Waals surface area contributed by atoms with Crippen LogP contribution in [0.1, 0.15) is 51.5 Å². The van der Waals surface area contributed by atoms with Gasteiger partial charge in [0.2, 0.25) is 17.7 Å². The van der Waals surface area contributed by atoms with E-state index < -0.39 is 0 Å². The molecular formula is C22H32N4O2. The van der Waals surface area contributed by atoms with Crippen LogP contribution in [0.4, 0.5) is 0 Å². The highest BCUT2D eigenvalue weighted by atomic mass is 16.4. The predicted octanol–water partition coefficient (Wildman–Crippen LogP) is 3.60. The van der Waals surface area contributed by atoms with E-state index in [1.165, 1.54) is 18.4 Å². The van der Waals surface area contributed by atoms with Crippen LogP contribution in [0.3, 0.4) is 0 Å². The van der Waals surface area contributed by atoms with Gasteiger partial charge in [0.05, 0.1) is 0 Å². The van der Waals surface area contributed by atoms with E-state index in [9.17, 15) is 4.79 Å². The van der Waals surface area contributed by atoms with Crippen molar-refractivity contribution in [2.45, 2.75) is 58.9 Å². The molecule has 1 atom stereocenters. The molecule has 1 N–H and O–H groups in total. The lowest BCUT2D eigenvalue weighted by Crippen LogP contribution is -2.54. The zero-order chi connectivity index (χ0) is 20.1. The molecule has 0 aliphatic carbocycles. The minimum Gasteiger partial charge on any atom is -0.421 e. The summed E-state index contributed by atoms with van der Waals surface area (Å²) in [6.45, 7) is 11.6. The number of amides is 1. The second-order valence-corrected chi connectivity index (χ2v) is 8.65. The van der Waals surface area contributed by atoms with Gasteiger partial charge < -0.3 is 9.73 Å². The molecule has 1 saturated heterocycles. The van der Waals surface area contributed by atoms with Gasteiger partial charge in [-0.05, 0) is 58.2 Å². The SMILES string of the molecule is Cc1ccc(-c2nnc(CCC(=O)NCC(C)(C)N3CCCC(C)C3)o2)cc1. The Morgan fingerprint density at radius 1 is 1.29 bits per heavy atom. The van der Waals surface area contributed by atoms with Crippen molar-refractivity contribution < 1.29 is 9.21 Å². The third-order valence-corrected chi connectivity index (χ3v) is 5.56. The highest BCUT2D eigenvalue weighted by Gasteiger charge is 2.30. The fraction of sp³-hybridized carbons (Fsp3) is 0.591. The Hall–Kier alpha value is -2.21. The van der Waals surface area contributed by atoms with E-state index in [4.69, 9.17) is 4.42 Å². The van der Waals surface area contributed by atoms with Gasteiger partial charge in [0.15, 0.2) is 0 Å². The minimum atomic E-state index is -0.0343.